The molecule has 4 heteroatoms. The van der Waals surface area contributed by atoms with Crippen LogP contribution in [-0.2, 0) is 0 Å². The van der Waals surface area contributed by atoms with Crippen molar-refractivity contribution in [3.8, 4) is 5.75 Å². The quantitative estimate of drug-likeness (QED) is 0.830. The molecule has 1 aromatic heterocycles. The van der Waals surface area contributed by atoms with Crippen LogP contribution in [0.5, 0.6) is 5.75 Å². The molecule has 0 fully saturated rings. The third-order valence-electron chi connectivity index (χ3n) is 2.83. The van der Waals surface area contributed by atoms with Gasteiger partial charge in [0.1, 0.15) is 11.5 Å². The molecule has 0 bridgehead atoms. The van der Waals surface area contributed by atoms with Crippen LogP contribution in [0.15, 0.2) is 51.6 Å². The fraction of sp³-hybridized carbons (Fsp3) is 0.333. The fourth-order valence-electron chi connectivity index (χ4n) is 1.94. The smallest absolute Gasteiger partial charge is 0.134 e. The van der Waals surface area contributed by atoms with E-state index in [-0.39, 0.29) is 6.04 Å². The molecular formula is C15H18BrNO2. The Kier molecular flexibility index (Phi) is 5.48. The normalized spacial score (nSPS) is 12.3. The van der Waals surface area contributed by atoms with Crippen LogP contribution in [0.2, 0.25) is 0 Å². The molecule has 1 unspecified atom stereocenters. The molecule has 0 radical (unpaired) electrons. The van der Waals surface area contributed by atoms with Crippen molar-refractivity contribution < 1.29 is 9.15 Å². The van der Waals surface area contributed by atoms with Gasteiger partial charge < -0.3 is 14.5 Å². The van der Waals surface area contributed by atoms with E-state index in [0.29, 0.717) is 6.61 Å². The minimum Gasteiger partial charge on any atom is -0.494 e. The highest BCUT2D eigenvalue weighted by Crippen LogP contribution is 2.26. The summed E-state index contributed by atoms with van der Waals surface area (Å²) in [5.74, 6) is 1.83. The Balaban J connectivity index is 1.89. The molecule has 102 valence electrons. The first-order chi connectivity index (χ1) is 9.31. The predicted molar refractivity (Wildman–Crippen MR) is 79.4 cm³/mol. The highest BCUT2D eigenvalue weighted by Gasteiger charge is 2.16. The van der Waals surface area contributed by atoms with E-state index in [1.165, 1.54) is 0 Å². The highest BCUT2D eigenvalue weighted by molar-refractivity contribution is 9.10. The molecule has 2 rings (SSSR count). The zero-order chi connectivity index (χ0) is 13.5. The van der Waals surface area contributed by atoms with Gasteiger partial charge in [0.15, 0.2) is 0 Å². The molecule has 0 saturated heterocycles. The topological polar surface area (TPSA) is 34.4 Å². The first kappa shape index (κ1) is 14.2. The van der Waals surface area contributed by atoms with Gasteiger partial charge in [0, 0.05) is 6.42 Å². The van der Waals surface area contributed by atoms with Crippen LogP contribution in [0, 0.1) is 0 Å². The molecule has 3 nitrogen and oxygen atoms in total. The fourth-order valence-corrected chi connectivity index (χ4v) is 2.42. The molecule has 0 amide bonds. The van der Waals surface area contributed by atoms with Crippen LogP contribution >= 0.6 is 15.9 Å². The van der Waals surface area contributed by atoms with Crippen LogP contribution in [0.4, 0.5) is 0 Å². The van der Waals surface area contributed by atoms with Gasteiger partial charge >= 0.3 is 0 Å². The Hall–Kier alpha value is -1.26. The van der Waals surface area contributed by atoms with Crippen molar-refractivity contribution in [3.05, 3.63) is 52.9 Å². The number of hydrogen-bond acceptors (Lipinski definition) is 3. The molecule has 1 N–H and O–H groups in total. The van der Waals surface area contributed by atoms with Crippen molar-refractivity contribution in [2.24, 2.45) is 0 Å². The van der Waals surface area contributed by atoms with E-state index in [0.717, 1.165) is 28.9 Å². The van der Waals surface area contributed by atoms with E-state index in [1.807, 2.05) is 36.4 Å². The molecule has 19 heavy (non-hydrogen) atoms. The zero-order valence-electron chi connectivity index (χ0n) is 10.9. The third-order valence-corrected chi connectivity index (χ3v) is 3.49. The summed E-state index contributed by atoms with van der Waals surface area (Å²) in [6, 6.07) is 11.9. The monoisotopic (exact) mass is 323 g/mol. The highest BCUT2D eigenvalue weighted by atomic mass is 79.9. The van der Waals surface area contributed by atoms with Crippen molar-refractivity contribution in [1.29, 1.82) is 0 Å². The summed E-state index contributed by atoms with van der Waals surface area (Å²) in [7, 11) is 0. The van der Waals surface area contributed by atoms with Crippen molar-refractivity contribution in [2.45, 2.75) is 19.4 Å². The van der Waals surface area contributed by atoms with Gasteiger partial charge in [0.05, 0.1) is 23.4 Å². The van der Waals surface area contributed by atoms with Gasteiger partial charge in [0.2, 0.25) is 0 Å². The summed E-state index contributed by atoms with van der Waals surface area (Å²) in [6.07, 6.45) is 2.55. The van der Waals surface area contributed by atoms with Crippen molar-refractivity contribution in [1.82, 2.24) is 5.32 Å². The van der Waals surface area contributed by atoms with E-state index in [9.17, 15) is 0 Å². The number of hydrogen-bond donors (Lipinski definition) is 1. The molecular weight excluding hydrogens is 306 g/mol. The van der Waals surface area contributed by atoms with Crippen LogP contribution < -0.4 is 10.1 Å². The van der Waals surface area contributed by atoms with E-state index >= 15 is 0 Å². The number of para-hydroxylation sites is 1. The van der Waals surface area contributed by atoms with E-state index < -0.39 is 0 Å². The Bertz CT molecular complexity index is 484. The number of halogens is 1. The summed E-state index contributed by atoms with van der Waals surface area (Å²) in [5.41, 5.74) is 0. The minimum absolute atomic E-state index is 0.165. The lowest BCUT2D eigenvalue weighted by Crippen LogP contribution is -2.22. The zero-order valence-corrected chi connectivity index (χ0v) is 12.5. The van der Waals surface area contributed by atoms with Gasteiger partial charge in [0.25, 0.3) is 0 Å². The van der Waals surface area contributed by atoms with Crippen molar-refractivity contribution in [3.63, 3.8) is 0 Å². The number of furan rings is 1. The number of rotatable bonds is 7. The molecule has 0 spiro atoms. The molecule has 2 aromatic rings. The Morgan fingerprint density at radius 3 is 2.68 bits per heavy atom. The van der Waals surface area contributed by atoms with E-state index in [1.54, 1.807) is 6.26 Å². The molecule has 0 aliphatic carbocycles. The van der Waals surface area contributed by atoms with Gasteiger partial charge in [-0.15, -0.1) is 0 Å². The molecule has 0 aliphatic rings. The second-order valence-corrected chi connectivity index (χ2v) is 5.05. The Morgan fingerprint density at radius 2 is 2.05 bits per heavy atom. The van der Waals surface area contributed by atoms with Crippen LogP contribution in [0.1, 0.15) is 25.1 Å². The van der Waals surface area contributed by atoms with Crippen molar-refractivity contribution in [2.75, 3.05) is 13.2 Å². The lowest BCUT2D eigenvalue weighted by Gasteiger charge is -2.16. The molecule has 1 aromatic carbocycles. The third kappa shape index (κ3) is 4.11. The maximum atomic E-state index is 5.72. The molecule has 1 heterocycles. The standard InChI is InChI=1S/C15H18BrNO2/c1-2-17-14(15-13(16)8-10-19-15)9-11-18-12-6-4-3-5-7-12/h3-8,10,14,17H,2,9,11H2,1H3. The number of benzene rings is 1. The van der Waals surface area contributed by atoms with Gasteiger partial charge in [-0.05, 0) is 40.7 Å². The van der Waals surface area contributed by atoms with Gasteiger partial charge in [-0.1, -0.05) is 25.1 Å². The SMILES string of the molecule is CCNC(CCOc1ccccc1)c1occc1Br. The van der Waals surface area contributed by atoms with E-state index in [4.69, 9.17) is 9.15 Å². The second kappa shape index (κ2) is 7.36. The average Bonchev–Trinajstić information content (AvgIpc) is 2.85. The molecule has 0 saturated carbocycles. The second-order valence-electron chi connectivity index (χ2n) is 4.19. The van der Waals surface area contributed by atoms with Crippen LogP contribution in [0.3, 0.4) is 0 Å². The van der Waals surface area contributed by atoms with Crippen molar-refractivity contribution >= 4 is 15.9 Å². The van der Waals surface area contributed by atoms with Crippen LogP contribution in [0.25, 0.3) is 0 Å². The molecule has 0 aliphatic heterocycles. The Labute approximate surface area is 122 Å². The van der Waals surface area contributed by atoms with Crippen LogP contribution in [-0.4, -0.2) is 13.2 Å². The summed E-state index contributed by atoms with van der Waals surface area (Å²) in [4.78, 5) is 0. The predicted octanol–water partition coefficient (Wildman–Crippen LogP) is 4.16. The number of ether oxygens (including phenoxy) is 1. The molecule has 1 atom stereocenters. The minimum atomic E-state index is 0.165. The summed E-state index contributed by atoms with van der Waals surface area (Å²) in [5, 5.41) is 3.41. The maximum Gasteiger partial charge on any atom is 0.134 e. The Morgan fingerprint density at radius 1 is 1.26 bits per heavy atom. The number of nitrogens with one attached hydrogen (secondary N) is 1. The first-order valence-corrected chi connectivity index (χ1v) is 7.24. The van der Waals surface area contributed by atoms with E-state index in [2.05, 4.69) is 28.2 Å². The summed E-state index contributed by atoms with van der Waals surface area (Å²) < 4.78 is 12.2. The summed E-state index contributed by atoms with van der Waals surface area (Å²) >= 11 is 3.50. The average molecular weight is 324 g/mol. The largest absolute Gasteiger partial charge is 0.494 e. The maximum absolute atomic E-state index is 5.72. The van der Waals surface area contributed by atoms with Gasteiger partial charge in [-0.2, -0.15) is 0 Å². The van der Waals surface area contributed by atoms with Gasteiger partial charge in [-0.25, -0.2) is 0 Å². The van der Waals surface area contributed by atoms with Gasteiger partial charge in [-0.3, -0.25) is 0 Å². The lowest BCUT2D eigenvalue weighted by atomic mass is 10.1. The lowest BCUT2D eigenvalue weighted by molar-refractivity contribution is 0.274. The summed E-state index contributed by atoms with van der Waals surface area (Å²) in [6.45, 7) is 3.62. The first-order valence-electron chi connectivity index (χ1n) is 6.45.